The molecule has 21 heavy (non-hydrogen) atoms. The van der Waals surface area contributed by atoms with Crippen molar-refractivity contribution in [3.8, 4) is 0 Å². The molecule has 0 saturated carbocycles. The van der Waals surface area contributed by atoms with Crippen molar-refractivity contribution in [1.29, 1.82) is 0 Å². The van der Waals surface area contributed by atoms with Crippen LogP contribution in [0, 0.1) is 0 Å². The van der Waals surface area contributed by atoms with Gasteiger partial charge in [0.2, 0.25) is 0 Å². The first kappa shape index (κ1) is 15.1. The average Bonchev–Trinajstić information content (AvgIpc) is 2.54. The van der Waals surface area contributed by atoms with Gasteiger partial charge in [0.1, 0.15) is 7.11 Å². The second-order valence-electron chi connectivity index (χ2n) is 4.11. The van der Waals surface area contributed by atoms with Crippen LogP contribution in [0.5, 0.6) is 0 Å². The van der Waals surface area contributed by atoms with Gasteiger partial charge in [0, 0.05) is 22.4 Å². The van der Waals surface area contributed by atoms with E-state index >= 15 is 0 Å². The zero-order valence-corrected chi connectivity index (χ0v) is 12.7. The van der Waals surface area contributed by atoms with Gasteiger partial charge >= 0.3 is 0 Å². The molecule has 0 aromatic heterocycles. The standard InChI is InChI=1S/C16H16N2O2S/c1-17-16(19)15(18-20-2)13-10-6-7-11-14(13)21-12-8-4-3-5-9-12/h3-11H,1-2H3,(H,17,19)/b18-15+. The summed E-state index contributed by atoms with van der Waals surface area (Å²) in [6.45, 7) is 0. The summed E-state index contributed by atoms with van der Waals surface area (Å²) in [5, 5.41) is 6.44. The Morgan fingerprint density at radius 1 is 1.10 bits per heavy atom. The number of likely N-dealkylation sites (N-methyl/N-ethyl adjacent to an activating group) is 1. The number of hydrogen-bond donors (Lipinski definition) is 1. The molecule has 0 radical (unpaired) electrons. The number of nitrogens with zero attached hydrogens (tertiary/aromatic N) is 1. The molecule has 0 saturated heterocycles. The van der Waals surface area contributed by atoms with E-state index in [-0.39, 0.29) is 11.6 Å². The summed E-state index contributed by atoms with van der Waals surface area (Å²) in [6.07, 6.45) is 0. The fourth-order valence-electron chi connectivity index (χ4n) is 1.79. The summed E-state index contributed by atoms with van der Waals surface area (Å²) in [5.41, 5.74) is 1.01. The average molecular weight is 300 g/mol. The predicted molar refractivity (Wildman–Crippen MR) is 84.6 cm³/mol. The van der Waals surface area contributed by atoms with E-state index in [1.54, 1.807) is 18.8 Å². The van der Waals surface area contributed by atoms with Gasteiger partial charge < -0.3 is 10.2 Å². The van der Waals surface area contributed by atoms with E-state index in [0.717, 1.165) is 15.4 Å². The van der Waals surface area contributed by atoms with Crippen LogP contribution in [-0.2, 0) is 9.63 Å². The zero-order chi connectivity index (χ0) is 15.1. The SMILES string of the molecule is CNC(=O)/C(=N/OC)c1ccccc1Sc1ccccc1. The van der Waals surface area contributed by atoms with Crippen molar-refractivity contribution in [2.24, 2.45) is 5.16 Å². The highest BCUT2D eigenvalue weighted by atomic mass is 32.2. The number of hydrogen-bond acceptors (Lipinski definition) is 4. The Labute approximate surface area is 128 Å². The fraction of sp³-hybridized carbons (Fsp3) is 0.125. The van der Waals surface area contributed by atoms with Gasteiger partial charge in [-0.2, -0.15) is 0 Å². The molecule has 0 aliphatic rings. The first-order valence-corrected chi connectivity index (χ1v) is 7.23. The number of carbonyl (C=O) groups excluding carboxylic acids is 1. The van der Waals surface area contributed by atoms with E-state index < -0.39 is 0 Å². The number of nitrogens with one attached hydrogen (secondary N) is 1. The van der Waals surface area contributed by atoms with E-state index in [4.69, 9.17) is 4.84 Å². The molecule has 108 valence electrons. The Balaban J connectivity index is 2.40. The van der Waals surface area contributed by atoms with Crippen molar-refractivity contribution >= 4 is 23.4 Å². The highest BCUT2D eigenvalue weighted by Crippen LogP contribution is 2.30. The third-order valence-electron chi connectivity index (χ3n) is 2.74. The minimum Gasteiger partial charge on any atom is -0.398 e. The number of amides is 1. The number of rotatable bonds is 5. The smallest absolute Gasteiger partial charge is 0.273 e. The molecule has 0 heterocycles. The third kappa shape index (κ3) is 3.86. The van der Waals surface area contributed by atoms with E-state index in [1.807, 2.05) is 54.6 Å². The molecule has 0 unspecified atom stereocenters. The van der Waals surface area contributed by atoms with Crippen LogP contribution in [0.1, 0.15) is 5.56 Å². The highest BCUT2D eigenvalue weighted by molar-refractivity contribution is 7.99. The lowest BCUT2D eigenvalue weighted by molar-refractivity contribution is -0.114. The van der Waals surface area contributed by atoms with Gasteiger partial charge in [-0.1, -0.05) is 53.3 Å². The number of benzene rings is 2. The van der Waals surface area contributed by atoms with Crippen LogP contribution in [-0.4, -0.2) is 25.8 Å². The highest BCUT2D eigenvalue weighted by Gasteiger charge is 2.17. The van der Waals surface area contributed by atoms with Crippen LogP contribution < -0.4 is 5.32 Å². The molecule has 0 aliphatic carbocycles. The molecule has 4 nitrogen and oxygen atoms in total. The molecule has 2 aromatic rings. The molecule has 0 atom stereocenters. The molecular formula is C16H16N2O2S. The number of oxime groups is 1. The normalized spacial score (nSPS) is 11.0. The lowest BCUT2D eigenvalue weighted by Gasteiger charge is -2.10. The quantitative estimate of drug-likeness (QED) is 0.682. The second kappa shape index (κ2) is 7.50. The summed E-state index contributed by atoms with van der Waals surface area (Å²) in [4.78, 5) is 18.8. The summed E-state index contributed by atoms with van der Waals surface area (Å²) >= 11 is 1.58. The number of carbonyl (C=O) groups is 1. The van der Waals surface area contributed by atoms with Crippen LogP contribution in [0.15, 0.2) is 69.5 Å². The van der Waals surface area contributed by atoms with Crippen LogP contribution in [0.3, 0.4) is 0 Å². The van der Waals surface area contributed by atoms with Crippen LogP contribution >= 0.6 is 11.8 Å². The summed E-state index contributed by atoms with van der Waals surface area (Å²) in [7, 11) is 3.00. The first-order valence-electron chi connectivity index (χ1n) is 6.41. The molecule has 1 N–H and O–H groups in total. The molecule has 2 rings (SSSR count). The Kier molecular flexibility index (Phi) is 5.40. The maximum Gasteiger partial charge on any atom is 0.273 e. The topological polar surface area (TPSA) is 50.7 Å². The van der Waals surface area contributed by atoms with E-state index in [0.29, 0.717) is 0 Å². The van der Waals surface area contributed by atoms with Crippen molar-refractivity contribution in [2.75, 3.05) is 14.2 Å². The van der Waals surface area contributed by atoms with Gasteiger partial charge in [0.05, 0.1) is 0 Å². The van der Waals surface area contributed by atoms with E-state index in [1.165, 1.54) is 7.11 Å². The second-order valence-corrected chi connectivity index (χ2v) is 5.23. The van der Waals surface area contributed by atoms with Crippen LogP contribution in [0.2, 0.25) is 0 Å². The molecule has 0 fully saturated rings. The predicted octanol–water partition coefficient (Wildman–Crippen LogP) is 2.93. The van der Waals surface area contributed by atoms with Gasteiger partial charge in [0.15, 0.2) is 5.71 Å². The van der Waals surface area contributed by atoms with E-state index in [2.05, 4.69) is 10.5 Å². The zero-order valence-electron chi connectivity index (χ0n) is 11.9. The van der Waals surface area contributed by atoms with Gasteiger partial charge in [-0.15, -0.1) is 0 Å². The first-order chi connectivity index (χ1) is 10.3. The lowest BCUT2D eigenvalue weighted by atomic mass is 10.1. The summed E-state index contributed by atoms with van der Waals surface area (Å²) < 4.78 is 0. The fourth-order valence-corrected chi connectivity index (χ4v) is 2.76. The van der Waals surface area contributed by atoms with Crippen molar-refractivity contribution in [3.05, 3.63) is 60.2 Å². The minimum absolute atomic E-state index is 0.263. The third-order valence-corrected chi connectivity index (χ3v) is 3.82. The molecule has 2 aromatic carbocycles. The maximum atomic E-state index is 12.0. The molecule has 0 spiro atoms. The van der Waals surface area contributed by atoms with E-state index in [9.17, 15) is 4.79 Å². The monoisotopic (exact) mass is 300 g/mol. The molecular weight excluding hydrogens is 284 g/mol. The van der Waals surface area contributed by atoms with Crippen molar-refractivity contribution in [3.63, 3.8) is 0 Å². The van der Waals surface area contributed by atoms with Crippen LogP contribution in [0.25, 0.3) is 0 Å². The molecule has 0 bridgehead atoms. The lowest BCUT2D eigenvalue weighted by Crippen LogP contribution is -2.29. The van der Waals surface area contributed by atoms with Crippen molar-refractivity contribution < 1.29 is 9.63 Å². The van der Waals surface area contributed by atoms with Crippen molar-refractivity contribution in [2.45, 2.75) is 9.79 Å². The van der Waals surface area contributed by atoms with Gasteiger partial charge in [0.25, 0.3) is 5.91 Å². The Hall–Kier alpha value is -2.27. The molecule has 5 heteroatoms. The van der Waals surface area contributed by atoms with Gasteiger partial charge in [-0.3, -0.25) is 4.79 Å². The summed E-state index contributed by atoms with van der Waals surface area (Å²) in [5.74, 6) is -0.280. The van der Waals surface area contributed by atoms with Gasteiger partial charge in [-0.25, -0.2) is 0 Å². The largest absolute Gasteiger partial charge is 0.398 e. The summed E-state index contributed by atoms with van der Waals surface area (Å²) in [6, 6.07) is 17.6. The van der Waals surface area contributed by atoms with Crippen LogP contribution in [0.4, 0.5) is 0 Å². The molecule has 1 amide bonds. The van der Waals surface area contributed by atoms with Gasteiger partial charge in [-0.05, 0) is 18.2 Å². The minimum atomic E-state index is -0.280. The Morgan fingerprint density at radius 2 is 1.76 bits per heavy atom. The maximum absolute atomic E-state index is 12.0. The Morgan fingerprint density at radius 3 is 2.43 bits per heavy atom. The Bertz CT molecular complexity index is 642. The van der Waals surface area contributed by atoms with Crippen molar-refractivity contribution in [1.82, 2.24) is 5.32 Å². The molecule has 0 aliphatic heterocycles.